The Hall–Kier alpha value is -0.395. The standard InChI is InChI=1S/C2HBN/c3-2-1-4-2/h1H. The summed E-state index contributed by atoms with van der Waals surface area (Å²) >= 11 is 0. The zero-order valence-electron chi connectivity index (χ0n) is 2.10. The Morgan fingerprint density at radius 3 is 2.25 bits per heavy atom. The molecule has 0 bridgehead atoms. The third-order valence-electron chi connectivity index (χ3n) is 0.278. The van der Waals surface area contributed by atoms with E-state index in [1.165, 1.54) is 0 Å². The maximum atomic E-state index is 4.92. The van der Waals surface area contributed by atoms with Gasteiger partial charge < -0.3 is 0 Å². The first kappa shape index (κ1) is 1.88. The second-order valence-corrected chi connectivity index (χ2v) is 0.683. The summed E-state index contributed by atoms with van der Waals surface area (Å²) in [4.78, 5) is 3.47. The molecule has 1 aliphatic rings. The average molecular weight is 49.8 g/mol. The minimum atomic E-state index is 0.667. The van der Waals surface area contributed by atoms with Crippen molar-refractivity contribution in [2.75, 3.05) is 0 Å². The molecule has 0 aromatic rings. The van der Waals surface area contributed by atoms with E-state index in [1.807, 2.05) is 0 Å². The van der Waals surface area contributed by atoms with Gasteiger partial charge in [-0.15, -0.1) is 0 Å². The first-order valence-electron chi connectivity index (χ1n) is 1.06. The summed E-state index contributed by atoms with van der Waals surface area (Å²) < 4.78 is 0. The van der Waals surface area contributed by atoms with Gasteiger partial charge in [-0.3, -0.25) is 0 Å². The van der Waals surface area contributed by atoms with E-state index in [4.69, 9.17) is 7.49 Å². The molecule has 0 aromatic heterocycles. The molecule has 1 radical (unpaired) electrons. The van der Waals surface area contributed by atoms with Crippen LogP contribution in [0.15, 0.2) is 4.99 Å². The fraction of sp³-hybridized carbons (Fsp3) is 0. The minimum absolute atomic E-state index is 0.667. The molecule has 0 atom stereocenters. The normalized spacial score (nSPS) is 17.2. The molecular formula is C2HBN. The molecule has 2 heteroatoms. The van der Waals surface area contributed by atoms with Crippen LogP contribution >= 0.6 is 0 Å². The second kappa shape index (κ2) is 0.316. The molecule has 0 spiro atoms. The van der Waals surface area contributed by atoms with Crippen molar-refractivity contribution >= 4 is 19.3 Å². The summed E-state index contributed by atoms with van der Waals surface area (Å²) in [5.41, 5.74) is 0.667. The van der Waals surface area contributed by atoms with Crippen molar-refractivity contribution in [2.24, 2.45) is 4.99 Å². The summed E-state index contributed by atoms with van der Waals surface area (Å²) in [6.45, 7) is 0. The molecule has 4 heavy (non-hydrogen) atoms. The van der Waals surface area contributed by atoms with Gasteiger partial charge in [-0.2, -0.15) is 0 Å². The first-order valence-corrected chi connectivity index (χ1v) is 1.06. The van der Waals surface area contributed by atoms with Gasteiger partial charge in [0.05, 0.1) is 0 Å². The summed E-state index contributed by atoms with van der Waals surface area (Å²) in [6.07, 6.45) is 1.61. The molecule has 0 amide bonds. The van der Waals surface area contributed by atoms with Crippen LogP contribution in [-0.2, 0) is 0 Å². The van der Waals surface area contributed by atoms with Crippen LogP contribution in [0, 0.1) is 0 Å². The molecule has 1 heterocycles. The molecule has 0 aliphatic carbocycles. The molecule has 0 aromatic carbocycles. The Kier molecular flexibility index (Phi) is 0.149. The van der Waals surface area contributed by atoms with Crippen molar-refractivity contribution < 1.29 is 0 Å². The van der Waals surface area contributed by atoms with Crippen molar-refractivity contribution in [3.63, 3.8) is 0 Å². The van der Waals surface area contributed by atoms with Gasteiger partial charge in [0.2, 0.25) is 0 Å². The van der Waals surface area contributed by atoms with Crippen LogP contribution in [0.3, 0.4) is 0 Å². The van der Waals surface area contributed by atoms with Crippen molar-refractivity contribution in [3.8, 4) is 0 Å². The molecule has 1 nitrogen and oxygen atoms in total. The average Bonchev–Trinajstić information content (AvgIpc) is 1.75. The number of hydrogen-bond acceptors (Lipinski definition) is 1. The Bertz CT molecular complexity index is 66.1. The van der Waals surface area contributed by atoms with E-state index in [1.54, 1.807) is 6.21 Å². The van der Waals surface area contributed by atoms with Gasteiger partial charge in [-0.1, -0.05) is 0 Å². The van der Waals surface area contributed by atoms with E-state index >= 15 is 0 Å². The van der Waals surface area contributed by atoms with Crippen LogP contribution in [-0.4, -0.2) is 19.3 Å². The Balaban J connectivity index is 2.80. The second-order valence-electron chi connectivity index (χ2n) is 0.683. The fourth-order valence-corrected chi connectivity index (χ4v) is 0.0373. The van der Waals surface area contributed by atoms with Crippen molar-refractivity contribution in [2.45, 2.75) is 0 Å². The summed E-state index contributed by atoms with van der Waals surface area (Å²) in [7, 11) is 4.92. The third-order valence-corrected chi connectivity index (χ3v) is 0.278. The van der Waals surface area contributed by atoms with Gasteiger partial charge in [-0.25, -0.2) is 0 Å². The van der Waals surface area contributed by atoms with Crippen LogP contribution in [0.4, 0.5) is 0 Å². The van der Waals surface area contributed by atoms with Gasteiger partial charge in [-0.05, 0) is 0 Å². The molecule has 0 saturated carbocycles. The zero-order chi connectivity index (χ0) is 2.99. The van der Waals surface area contributed by atoms with E-state index in [9.17, 15) is 0 Å². The predicted molar refractivity (Wildman–Crippen MR) is 19.3 cm³/mol. The molecule has 1 rings (SSSR count). The van der Waals surface area contributed by atoms with Gasteiger partial charge >= 0.3 is 24.3 Å². The number of rotatable bonds is 0. The van der Waals surface area contributed by atoms with Crippen LogP contribution in [0.5, 0.6) is 0 Å². The van der Waals surface area contributed by atoms with Crippen LogP contribution in [0.25, 0.3) is 0 Å². The van der Waals surface area contributed by atoms with Gasteiger partial charge in [0.15, 0.2) is 0 Å². The van der Waals surface area contributed by atoms with E-state index in [0.29, 0.717) is 5.59 Å². The molecule has 0 N–H and O–H groups in total. The summed E-state index contributed by atoms with van der Waals surface area (Å²) in [6, 6.07) is 0. The summed E-state index contributed by atoms with van der Waals surface area (Å²) in [5, 5.41) is 0. The SMILES string of the molecule is [B]=C1C=N1. The first-order chi connectivity index (χ1) is 1.89. The van der Waals surface area contributed by atoms with E-state index < -0.39 is 0 Å². The van der Waals surface area contributed by atoms with Gasteiger partial charge in [0.25, 0.3) is 0 Å². The fourth-order valence-electron chi connectivity index (χ4n) is 0.0373. The van der Waals surface area contributed by atoms with E-state index in [0.717, 1.165) is 0 Å². The van der Waals surface area contributed by atoms with Crippen molar-refractivity contribution in [1.29, 1.82) is 0 Å². The van der Waals surface area contributed by atoms with Crippen molar-refractivity contribution in [1.82, 2.24) is 0 Å². The third kappa shape index (κ3) is 0.0866. The Morgan fingerprint density at radius 1 is 2.00 bits per heavy atom. The van der Waals surface area contributed by atoms with E-state index in [2.05, 4.69) is 4.99 Å². The van der Waals surface area contributed by atoms with Crippen LogP contribution in [0.2, 0.25) is 0 Å². The van der Waals surface area contributed by atoms with Gasteiger partial charge in [0, 0.05) is 0 Å². The van der Waals surface area contributed by atoms with Crippen LogP contribution in [0.1, 0.15) is 0 Å². The summed E-state index contributed by atoms with van der Waals surface area (Å²) in [5.74, 6) is 0. The Labute approximate surface area is 25.4 Å². The van der Waals surface area contributed by atoms with Crippen LogP contribution < -0.4 is 0 Å². The Morgan fingerprint density at radius 2 is 2.25 bits per heavy atom. The molecule has 0 saturated heterocycles. The molecular weight excluding hydrogens is 48.8 g/mol. The zero-order valence-corrected chi connectivity index (χ0v) is 2.10. The number of nitrogens with zero attached hydrogens (tertiary/aromatic N) is 1. The number of aliphatic imine (C=N–C) groups is 1. The monoisotopic (exact) mass is 50.0 g/mol. The molecule has 0 unspecified atom stereocenters. The quantitative estimate of drug-likeness (QED) is 0.324. The topological polar surface area (TPSA) is 12.4 Å². The number of hydrogen-bond donors (Lipinski definition) is 0. The predicted octanol–water partition coefficient (Wildman–Crippen LogP) is -0.631. The van der Waals surface area contributed by atoms with Gasteiger partial charge in [0.1, 0.15) is 0 Å². The van der Waals surface area contributed by atoms with E-state index in [-0.39, 0.29) is 0 Å². The maximum absolute atomic E-state index is 4.92. The molecule has 1 aliphatic heterocycles. The molecule has 17 valence electrons. The molecule has 0 fully saturated rings. The van der Waals surface area contributed by atoms with Crippen molar-refractivity contribution in [3.05, 3.63) is 0 Å².